The van der Waals surface area contributed by atoms with Crippen LogP contribution < -0.4 is 5.32 Å². The molecule has 1 unspecified atom stereocenters. The van der Waals surface area contributed by atoms with Gasteiger partial charge in [0.2, 0.25) is 0 Å². The smallest absolute Gasteiger partial charge is 0.407 e. The highest BCUT2D eigenvalue weighted by Crippen LogP contribution is 2.42. The van der Waals surface area contributed by atoms with Crippen LogP contribution in [-0.4, -0.2) is 41.0 Å². The first-order valence-electron chi connectivity index (χ1n) is 7.50. The van der Waals surface area contributed by atoms with Crippen molar-refractivity contribution in [3.63, 3.8) is 0 Å². The Morgan fingerprint density at radius 2 is 1.90 bits per heavy atom. The van der Waals surface area contributed by atoms with Crippen molar-refractivity contribution >= 4 is 12.1 Å². The molecule has 122 valence electrons. The van der Waals surface area contributed by atoms with Crippen LogP contribution in [0.15, 0.2) is 0 Å². The van der Waals surface area contributed by atoms with Crippen LogP contribution >= 0.6 is 0 Å². The van der Waals surface area contributed by atoms with Crippen molar-refractivity contribution < 1.29 is 24.5 Å². The van der Waals surface area contributed by atoms with Crippen molar-refractivity contribution in [1.82, 2.24) is 5.32 Å². The molecule has 1 aliphatic carbocycles. The SMILES string of the molecule is CC(C)(C)OC(=O)NCC(CCCO)(CC1CC1)C(=O)O. The second-order valence-corrected chi connectivity index (χ2v) is 6.92. The van der Waals surface area contributed by atoms with Gasteiger partial charge in [-0.15, -0.1) is 0 Å². The molecule has 1 atom stereocenters. The Balaban J connectivity index is 2.66. The number of carbonyl (C=O) groups is 2. The van der Waals surface area contributed by atoms with Crippen LogP contribution in [-0.2, 0) is 9.53 Å². The molecule has 0 bridgehead atoms. The van der Waals surface area contributed by atoms with Gasteiger partial charge in [0, 0.05) is 13.2 Å². The molecule has 3 N–H and O–H groups in total. The Kier molecular flexibility index (Phi) is 6.01. The lowest BCUT2D eigenvalue weighted by atomic mass is 9.78. The van der Waals surface area contributed by atoms with Gasteiger partial charge in [0.1, 0.15) is 5.60 Å². The maximum absolute atomic E-state index is 11.7. The van der Waals surface area contributed by atoms with Crippen LogP contribution in [0.5, 0.6) is 0 Å². The maximum atomic E-state index is 11.7. The van der Waals surface area contributed by atoms with Crippen LogP contribution in [0.3, 0.4) is 0 Å². The molecular formula is C15H27NO5. The third-order valence-electron chi connectivity index (χ3n) is 3.61. The normalized spacial score (nSPS) is 17.9. The first kappa shape index (κ1) is 17.8. The lowest BCUT2D eigenvalue weighted by Gasteiger charge is -2.30. The number of aliphatic hydroxyl groups excluding tert-OH is 1. The number of amides is 1. The molecule has 1 aliphatic rings. The largest absolute Gasteiger partial charge is 0.481 e. The quantitative estimate of drug-likeness (QED) is 0.638. The molecule has 0 spiro atoms. The van der Waals surface area contributed by atoms with E-state index in [4.69, 9.17) is 9.84 Å². The number of alkyl carbamates (subject to hydrolysis) is 1. The van der Waals surface area contributed by atoms with Crippen molar-refractivity contribution in [2.45, 2.75) is 58.5 Å². The molecule has 0 heterocycles. The zero-order chi connectivity index (χ0) is 16.1. The summed E-state index contributed by atoms with van der Waals surface area (Å²) in [5, 5.41) is 21.2. The van der Waals surface area contributed by atoms with Crippen LogP contribution in [0.2, 0.25) is 0 Å². The molecule has 1 amide bonds. The first-order chi connectivity index (χ1) is 9.68. The molecule has 0 aliphatic heterocycles. The summed E-state index contributed by atoms with van der Waals surface area (Å²) in [6, 6.07) is 0. The van der Waals surface area contributed by atoms with Gasteiger partial charge in [0.15, 0.2) is 0 Å². The topological polar surface area (TPSA) is 95.9 Å². The number of aliphatic hydroxyl groups is 1. The van der Waals surface area contributed by atoms with Crippen LogP contribution in [0.1, 0.15) is 52.9 Å². The molecule has 1 rings (SSSR count). The van der Waals surface area contributed by atoms with Gasteiger partial charge in [0.05, 0.1) is 5.41 Å². The standard InChI is InChI=1S/C15H27NO5/c1-14(2,3)21-13(20)16-10-15(12(18)19,7-4-8-17)9-11-5-6-11/h11,17H,4-10H2,1-3H3,(H,16,20)(H,18,19). The van der Waals surface area contributed by atoms with Crippen molar-refractivity contribution in [3.8, 4) is 0 Å². The number of carboxylic acid groups (broad SMARTS) is 1. The highest BCUT2D eigenvalue weighted by atomic mass is 16.6. The van der Waals surface area contributed by atoms with Gasteiger partial charge in [-0.1, -0.05) is 12.8 Å². The van der Waals surface area contributed by atoms with Gasteiger partial charge in [-0.05, 0) is 46.0 Å². The molecular weight excluding hydrogens is 274 g/mol. The minimum atomic E-state index is -1.01. The Morgan fingerprint density at radius 3 is 2.33 bits per heavy atom. The van der Waals surface area contributed by atoms with Crippen LogP contribution in [0.25, 0.3) is 0 Å². The Bertz CT molecular complexity index is 373. The molecule has 6 nitrogen and oxygen atoms in total. The predicted molar refractivity (Wildman–Crippen MR) is 78.0 cm³/mol. The van der Waals surface area contributed by atoms with Crippen LogP contribution in [0, 0.1) is 11.3 Å². The van der Waals surface area contributed by atoms with Gasteiger partial charge >= 0.3 is 12.1 Å². The summed E-state index contributed by atoms with van der Waals surface area (Å²) < 4.78 is 5.15. The fraction of sp³-hybridized carbons (Fsp3) is 0.867. The summed E-state index contributed by atoms with van der Waals surface area (Å²) in [6.45, 7) is 5.26. The number of aliphatic carboxylic acids is 1. The number of rotatable bonds is 8. The molecule has 0 aromatic carbocycles. The van der Waals surface area contributed by atoms with E-state index in [0.717, 1.165) is 12.8 Å². The second kappa shape index (κ2) is 7.11. The fourth-order valence-corrected chi connectivity index (χ4v) is 2.38. The maximum Gasteiger partial charge on any atom is 0.407 e. The van der Waals surface area contributed by atoms with E-state index in [9.17, 15) is 14.7 Å². The molecule has 21 heavy (non-hydrogen) atoms. The summed E-state index contributed by atoms with van der Waals surface area (Å²) in [5.74, 6) is -0.501. The second-order valence-electron chi connectivity index (χ2n) is 6.92. The highest BCUT2D eigenvalue weighted by Gasteiger charge is 2.43. The lowest BCUT2D eigenvalue weighted by Crippen LogP contribution is -2.45. The summed E-state index contributed by atoms with van der Waals surface area (Å²) in [6.07, 6.45) is 2.78. The molecule has 0 radical (unpaired) electrons. The van der Waals surface area contributed by atoms with Gasteiger partial charge in [0.25, 0.3) is 0 Å². The summed E-state index contributed by atoms with van der Waals surface area (Å²) in [4.78, 5) is 23.4. The number of nitrogens with one attached hydrogen (secondary N) is 1. The Morgan fingerprint density at radius 1 is 1.29 bits per heavy atom. The average Bonchev–Trinajstić information content (AvgIpc) is 3.14. The Hall–Kier alpha value is -1.30. The number of carbonyl (C=O) groups excluding carboxylic acids is 1. The third kappa shape index (κ3) is 6.33. The summed E-state index contributed by atoms with van der Waals surface area (Å²) in [5.41, 5.74) is -1.63. The lowest BCUT2D eigenvalue weighted by molar-refractivity contribution is -0.150. The Labute approximate surface area is 125 Å². The molecule has 0 aromatic rings. The number of hydrogen-bond donors (Lipinski definition) is 3. The first-order valence-corrected chi connectivity index (χ1v) is 7.50. The van der Waals surface area contributed by atoms with E-state index in [1.165, 1.54) is 0 Å². The van der Waals surface area contributed by atoms with E-state index >= 15 is 0 Å². The summed E-state index contributed by atoms with van der Waals surface area (Å²) >= 11 is 0. The third-order valence-corrected chi connectivity index (χ3v) is 3.61. The van der Waals surface area contributed by atoms with Crippen molar-refractivity contribution in [1.29, 1.82) is 0 Å². The minimum Gasteiger partial charge on any atom is -0.481 e. The van der Waals surface area contributed by atoms with E-state index in [0.29, 0.717) is 25.2 Å². The van der Waals surface area contributed by atoms with Gasteiger partial charge < -0.3 is 20.3 Å². The zero-order valence-corrected chi connectivity index (χ0v) is 13.1. The van der Waals surface area contributed by atoms with Gasteiger partial charge in [-0.3, -0.25) is 4.79 Å². The van der Waals surface area contributed by atoms with E-state index in [-0.39, 0.29) is 13.2 Å². The van der Waals surface area contributed by atoms with Crippen LogP contribution in [0.4, 0.5) is 4.79 Å². The molecule has 0 saturated heterocycles. The number of carboxylic acids is 1. The molecule has 1 fully saturated rings. The molecule has 0 aromatic heterocycles. The highest BCUT2D eigenvalue weighted by molar-refractivity contribution is 5.76. The van der Waals surface area contributed by atoms with E-state index in [2.05, 4.69) is 5.32 Å². The van der Waals surface area contributed by atoms with E-state index in [1.807, 2.05) is 0 Å². The van der Waals surface area contributed by atoms with E-state index in [1.54, 1.807) is 20.8 Å². The number of ether oxygens (including phenoxy) is 1. The van der Waals surface area contributed by atoms with E-state index < -0.39 is 23.1 Å². The molecule has 1 saturated carbocycles. The minimum absolute atomic E-state index is 0.0355. The van der Waals surface area contributed by atoms with Gasteiger partial charge in [-0.25, -0.2) is 4.79 Å². The average molecular weight is 301 g/mol. The van der Waals surface area contributed by atoms with Crippen molar-refractivity contribution in [2.75, 3.05) is 13.2 Å². The fourth-order valence-electron chi connectivity index (χ4n) is 2.38. The summed E-state index contributed by atoms with van der Waals surface area (Å²) in [7, 11) is 0. The molecule has 6 heteroatoms. The van der Waals surface area contributed by atoms with Crippen molar-refractivity contribution in [2.24, 2.45) is 11.3 Å². The predicted octanol–water partition coefficient (Wildman–Crippen LogP) is 2.15. The van der Waals surface area contributed by atoms with Gasteiger partial charge in [-0.2, -0.15) is 0 Å². The zero-order valence-electron chi connectivity index (χ0n) is 13.1. The van der Waals surface area contributed by atoms with Crippen molar-refractivity contribution in [3.05, 3.63) is 0 Å². The number of hydrogen-bond acceptors (Lipinski definition) is 4. The monoisotopic (exact) mass is 301 g/mol.